The number of rotatable bonds is 16. The Kier molecular flexibility index (Phi) is 20.9. The number of benzene rings is 9. The van der Waals surface area contributed by atoms with Gasteiger partial charge in [-0.1, -0.05) is 40.2 Å². The van der Waals surface area contributed by atoms with E-state index in [1.54, 1.807) is 31.6 Å². The number of hydrogen-bond donors (Lipinski definition) is 2. The van der Waals surface area contributed by atoms with E-state index in [0.717, 1.165) is 154 Å². The molecule has 0 amide bonds. The summed E-state index contributed by atoms with van der Waals surface area (Å²) in [6.45, 7) is 2.73. The zero-order chi connectivity index (χ0) is 77.6. The van der Waals surface area contributed by atoms with Gasteiger partial charge in [-0.3, -0.25) is 55.7 Å². The van der Waals surface area contributed by atoms with Gasteiger partial charge in [0.15, 0.2) is 23.1 Å². The number of aromatic amines is 2. The summed E-state index contributed by atoms with van der Waals surface area (Å²) in [4.78, 5) is 79.0. The third kappa shape index (κ3) is 13.1. The second kappa shape index (κ2) is 31.5. The Morgan fingerprint density at radius 1 is 0.402 bits per heavy atom. The van der Waals surface area contributed by atoms with Crippen LogP contribution in [0.2, 0.25) is 0 Å². The predicted molar refractivity (Wildman–Crippen MR) is 438 cm³/mol. The molecular formula is C90H76BrF6N9O6. The number of H-pyrrole nitrogens is 2. The van der Waals surface area contributed by atoms with Gasteiger partial charge in [-0.25, -0.2) is 9.49 Å². The van der Waals surface area contributed by atoms with Gasteiger partial charge in [-0.2, -0.15) is 5.10 Å². The molecule has 0 saturated carbocycles. The molecule has 112 heavy (non-hydrogen) atoms. The summed E-state index contributed by atoms with van der Waals surface area (Å²) in [5.74, 6) is 0.271. The lowest BCUT2D eigenvalue weighted by atomic mass is 10.0. The molecule has 8 aromatic heterocycles. The first-order valence-corrected chi connectivity index (χ1v) is 38.6. The standard InChI is InChI=1S/C20H18FNO2.C18H15BrFNO.C18H15F2NO.2C17H14FN3O/c1-12(23)13-3-6-17-16(11-13)20-15-5-8-19(24)14(15)4-7-18(20)22(17)10-2-9-21;19-11-2-5-15-14(10-11)18-13-4-7-17(22)12(13)3-6-16(18)21(15)9-1-8-20;19-9-2-10-21-14-4-1-3-13(20)18(14)17-12-6-8-16(22)11(12)5-7-15(17)21;18-7-2-10-21-13-5-4-12-11(6-9-20-17(12)22)15(13)16-14(21)3-1-8-19-16;18-8-3-9-21-14-5-2-1-4-12(14)16-13-10-19-20-17(22)11(13)6-7-15(16)21/h3-4,6-7,11H,2,5,8-10H2,1H3;2-3,5-6,10H,1,4,7-9H2;1,3-5,7H,2,6,8-10H2;1,3-6,8-9H,2,7,10H2,(H,20,22);1-2,4-7,10H,3,8-9H2,(H,20,22). The highest BCUT2D eigenvalue weighted by atomic mass is 79.9. The Labute approximate surface area is 644 Å². The Morgan fingerprint density at radius 2 is 0.848 bits per heavy atom. The predicted octanol–water partition coefficient (Wildman–Crippen LogP) is 20.7. The van der Waals surface area contributed by atoms with Crippen LogP contribution in [0.4, 0.5) is 26.3 Å². The maximum atomic E-state index is 14.4. The molecule has 0 saturated heterocycles. The van der Waals surface area contributed by atoms with Crippen LogP contribution in [0.3, 0.4) is 0 Å². The van der Waals surface area contributed by atoms with E-state index in [9.17, 15) is 55.1 Å². The van der Waals surface area contributed by atoms with Gasteiger partial charge in [0.05, 0.1) is 67.0 Å². The molecule has 3 aliphatic rings. The highest BCUT2D eigenvalue weighted by Crippen LogP contribution is 2.43. The van der Waals surface area contributed by atoms with E-state index in [1.165, 1.54) is 11.5 Å². The zero-order valence-electron chi connectivity index (χ0n) is 61.3. The Hall–Kier alpha value is -11.8. The summed E-state index contributed by atoms with van der Waals surface area (Å²) >= 11 is 3.54. The van der Waals surface area contributed by atoms with Gasteiger partial charge < -0.3 is 27.8 Å². The first kappa shape index (κ1) is 74.3. The fourth-order valence-electron chi connectivity index (χ4n) is 17.3. The third-order valence-corrected chi connectivity index (χ3v) is 22.7. The van der Waals surface area contributed by atoms with Gasteiger partial charge in [-0.15, -0.1) is 0 Å². The van der Waals surface area contributed by atoms with Crippen LogP contribution >= 0.6 is 15.9 Å². The van der Waals surface area contributed by atoms with E-state index < -0.39 is 6.67 Å². The monoisotopic (exact) mass is 1570 g/mol. The number of nitrogens with zero attached hydrogens (tertiary/aromatic N) is 7. The van der Waals surface area contributed by atoms with Crippen molar-refractivity contribution in [2.75, 3.05) is 33.4 Å². The van der Waals surface area contributed by atoms with Crippen molar-refractivity contribution in [1.82, 2.24) is 43.0 Å². The number of ketones is 4. The van der Waals surface area contributed by atoms with E-state index in [-0.39, 0.29) is 66.8 Å². The summed E-state index contributed by atoms with van der Waals surface area (Å²) in [6.07, 6.45) is 11.2. The van der Waals surface area contributed by atoms with Crippen molar-refractivity contribution in [2.24, 2.45) is 0 Å². The van der Waals surface area contributed by atoms with Crippen molar-refractivity contribution in [3.05, 3.63) is 246 Å². The molecule has 0 bridgehead atoms. The van der Waals surface area contributed by atoms with Gasteiger partial charge >= 0.3 is 0 Å². The maximum Gasteiger partial charge on any atom is 0.272 e. The number of alkyl halides is 5. The van der Waals surface area contributed by atoms with Crippen LogP contribution in [0, 0.1) is 5.82 Å². The molecule has 566 valence electrons. The van der Waals surface area contributed by atoms with Gasteiger partial charge in [0.1, 0.15) is 5.82 Å². The number of pyridine rings is 2. The van der Waals surface area contributed by atoms with Crippen molar-refractivity contribution in [2.45, 2.75) is 110 Å². The van der Waals surface area contributed by atoms with Crippen molar-refractivity contribution < 1.29 is 45.5 Å². The number of nitrogens with one attached hydrogen (secondary N) is 2. The van der Waals surface area contributed by atoms with Crippen LogP contribution in [0.5, 0.6) is 0 Å². The van der Waals surface area contributed by atoms with Crippen molar-refractivity contribution >= 4 is 170 Å². The Morgan fingerprint density at radius 3 is 1.42 bits per heavy atom. The average molecular weight is 1570 g/mol. The van der Waals surface area contributed by atoms with Gasteiger partial charge in [-0.05, 0) is 208 Å². The number of halogens is 7. The minimum Gasteiger partial charge on any atom is -0.340 e. The number of para-hydroxylation sites is 1. The number of hydrogen-bond acceptors (Lipinski definition) is 8. The molecule has 2 N–H and O–H groups in total. The van der Waals surface area contributed by atoms with Gasteiger partial charge in [0.2, 0.25) is 0 Å². The summed E-state index contributed by atoms with van der Waals surface area (Å²) in [7, 11) is 0. The molecular weight excluding hydrogens is 1500 g/mol. The molecule has 8 heterocycles. The topological polar surface area (TPSA) is 184 Å². The highest BCUT2D eigenvalue weighted by molar-refractivity contribution is 9.10. The first-order valence-electron chi connectivity index (χ1n) is 37.8. The number of fused-ring (bicyclic) bond motifs is 25. The van der Waals surface area contributed by atoms with Crippen LogP contribution in [0.25, 0.3) is 131 Å². The average Bonchev–Trinajstić information content (AvgIpc) is 1.60. The van der Waals surface area contributed by atoms with E-state index in [1.807, 2.05) is 138 Å². The second-order valence-electron chi connectivity index (χ2n) is 28.5. The summed E-state index contributed by atoms with van der Waals surface area (Å²) < 4.78 is 89.1. The highest BCUT2D eigenvalue weighted by Gasteiger charge is 2.29. The maximum absolute atomic E-state index is 14.4. The molecule has 0 spiro atoms. The minimum absolute atomic E-state index is 0.0187. The van der Waals surface area contributed by atoms with E-state index >= 15 is 0 Å². The first-order chi connectivity index (χ1) is 54.7. The fourth-order valence-corrected chi connectivity index (χ4v) is 17.7. The van der Waals surface area contributed by atoms with E-state index in [2.05, 4.69) is 66.5 Å². The third-order valence-electron chi connectivity index (χ3n) is 22.2. The molecule has 20 rings (SSSR count). The molecule has 15 nitrogen and oxygen atoms in total. The summed E-state index contributed by atoms with van der Waals surface area (Å²) in [5.41, 5.74) is 16.7. The molecule has 0 radical (unpaired) electrons. The van der Waals surface area contributed by atoms with Gasteiger partial charge in [0.25, 0.3) is 11.1 Å². The summed E-state index contributed by atoms with van der Waals surface area (Å²) in [6, 6.07) is 49.6. The molecule has 9 aromatic carbocycles. The van der Waals surface area contributed by atoms with Crippen LogP contribution < -0.4 is 11.1 Å². The molecule has 17 aromatic rings. The van der Waals surface area contributed by atoms with Crippen LogP contribution in [0.1, 0.15) is 116 Å². The summed E-state index contributed by atoms with van der Waals surface area (Å²) in [5, 5.41) is 18.1. The molecule has 0 atom stereocenters. The quantitative estimate of drug-likeness (QED) is 0.0707. The lowest BCUT2D eigenvalue weighted by Gasteiger charge is -2.06. The van der Waals surface area contributed by atoms with Crippen molar-refractivity contribution in [3.8, 4) is 0 Å². The van der Waals surface area contributed by atoms with E-state index in [4.69, 9.17) is 0 Å². The molecule has 0 unspecified atom stereocenters. The van der Waals surface area contributed by atoms with Crippen LogP contribution in [-0.2, 0) is 52.0 Å². The number of Topliss-reactive ketones (excluding diaryl/α,β-unsaturated/α-hetero) is 4. The molecule has 3 aliphatic carbocycles. The number of aryl methyl sites for hydroxylation is 8. The van der Waals surface area contributed by atoms with E-state index in [0.29, 0.717) is 118 Å². The van der Waals surface area contributed by atoms with Gasteiger partial charge in [0, 0.05) is 194 Å². The molecule has 22 heteroatoms. The lowest BCUT2D eigenvalue weighted by Crippen LogP contribution is -2.07. The lowest BCUT2D eigenvalue weighted by molar-refractivity contribution is 0.0986. The fraction of sp³-hybridized carbons (Fsp3) is 0.244. The SMILES string of the molecule is CC(=O)c1ccc2c(c1)c1c3c(ccc1n2CCCF)C(=O)CC3.O=C1CCc2c1ccc1c2c2c(F)cccc2n1CCCF.O=C1CCc2c1ccc1c2c2cc(Br)ccc2n1CCCF.O=c1[nH]ccc2c1ccc1c2c2ncccc2n1CCCF.O=c1[nH]ncc2c1ccc1c2c2ccccc2n1CCCF. The number of carbonyl (C=O) groups excluding carboxylic acids is 4. The zero-order valence-corrected chi connectivity index (χ0v) is 62.9. The van der Waals surface area contributed by atoms with Crippen LogP contribution in [0.15, 0.2) is 190 Å². The minimum atomic E-state index is -0.403. The molecule has 0 fully saturated rings. The molecule has 0 aliphatic heterocycles. The smallest absolute Gasteiger partial charge is 0.272 e. The number of carbonyl (C=O) groups is 4. The second-order valence-corrected chi connectivity index (χ2v) is 29.4. The largest absolute Gasteiger partial charge is 0.340 e. The number of aromatic nitrogens is 9. The van der Waals surface area contributed by atoms with Crippen molar-refractivity contribution in [3.63, 3.8) is 0 Å². The Balaban J connectivity index is 0.000000106. The Bertz CT molecular complexity index is 6630. The normalized spacial score (nSPS) is 13.1. The van der Waals surface area contributed by atoms with Crippen LogP contribution in [-0.4, -0.2) is 99.5 Å². The van der Waals surface area contributed by atoms with Crippen molar-refractivity contribution in [1.29, 1.82) is 0 Å².